The first-order chi connectivity index (χ1) is 11.5. The summed E-state index contributed by atoms with van der Waals surface area (Å²) in [4.78, 5) is 24.0. The Morgan fingerprint density at radius 1 is 1.12 bits per heavy atom. The van der Waals surface area contributed by atoms with Gasteiger partial charge in [0.15, 0.2) is 0 Å². The number of rotatable bonds is 4. The van der Waals surface area contributed by atoms with Crippen LogP contribution in [0, 0.1) is 0 Å². The van der Waals surface area contributed by atoms with Gasteiger partial charge in [0.25, 0.3) is 5.56 Å². The summed E-state index contributed by atoms with van der Waals surface area (Å²) in [6.45, 7) is 4.47. The minimum Gasteiger partial charge on any atom is -0.478 e. The number of hydrogen-bond donors (Lipinski definition) is 1. The van der Waals surface area contributed by atoms with E-state index >= 15 is 0 Å². The van der Waals surface area contributed by atoms with E-state index in [0.29, 0.717) is 16.9 Å². The molecule has 0 aliphatic rings. The lowest BCUT2D eigenvalue weighted by molar-refractivity contribution is 0.0695. The molecule has 122 valence electrons. The molecule has 0 saturated carbocycles. The average Bonchev–Trinajstić information content (AvgIpc) is 2.57. The first-order valence-electron chi connectivity index (χ1n) is 7.91. The number of nitrogens with zero attached hydrogens (tertiary/aromatic N) is 1. The molecule has 0 aliphatic carbocycles. The number of carboxylic acids is 1. The molecule has 3 rings (SSSR count). The Morgan fingerprint density at radius 2 is 1.88 bits per heavy atom. The molecule has 0 saturated heterocycles. The zero-order chi connectivity index (χ0) is 17.3. The van der Waals surface area contributed by atoms with Crippen molar-refractivity contribution in [2.24, 2.45) is 0 Å². The molecule has 4 heteroatoms. The Morgan fingerprint density at radius 3 is 2.58 bits per heavy atom. The van der Waals surface area contributed by atoms with E-state index in [1.807, 2.05) is 24.3 Å². The van der Waals surface area contributed by atoms with E-state index in [1.165, 1.54) is 5.56 Å². The van der Waals surface area contributed by atoms with E-state index in [4.69, 9.17) is 0 Å². The minimum atomic E-state index is -0.985. The van der Waals surface area contributed by atoms with E-state index < -0.39 is 5.97 Å². The first kappa shape index (κ1) is 16.0. The monoisotopic (exact) mass is 321 g/mol. The summed E-state index contributed by atoms with van der Waals surface area (Å²) >= 11 is 0. The van der Waals surface area contributed by atoms with Crippen molar-refractivity contribution in [1.82, 2.24) is 4.57 Å². The van der Waals surface area contributed by atoms with Crippen LogP contribution in [0.1, 0.15) is 41.3 Å². The van der Waals surface area contributed by atoms with Gasteiger partial charge in [0.2, 0.25) is 0 Å². The molecule has 0 amide bonds. The molecule has 1 aromatic heterocycles. The number of benzene rings is 2. The summed E-state index contributed by atoms with van der Waals surface area (Å²) < 4.78 is 1.55. The van der Waals surface area contributed by atoms with Crippen molar-refractivity contribution in [3.63, 3.8) is 0 Å². The van der Waals surface area contributed by atoms with Gasteiger partial charge in [-0.15, -0.1) is 0 Å². The van der Waals surface area contributed by atoms with Gasteiger partial charge in [-0.05, 0) is 40.6 Å². The molecule has 0 bridgehead atoms. The molecule has 24 heavy (non-hydrogen) atoms. The van der Waals surface area contributed by atoms with Crippen molar-refractivity contribution < 1.29 is 9.90 Å². The van der Waals surface area contributed by atoms with Gasteiger partial charge in [-0.3, -0.25) is 4.79 Å². The zero-order valence-electron chi connectivity index (χ0n) is 13.7. The molecule has 0 fully saturated rings. The number of pyridine rings is 1. The van der Waals surface area contributed by atoms with E-state index in [-0.39, 0.29) is 17.7 Å². The fourth-order valence-corrected chi connectivity index (χ4v) is 2.84. The average molecular weight is 321 g/mol. The molecule has 2 aromatic carbocycles. The van der Waals surface area contributed by atoms with Gasteiger partial charge in [0, 0.05) is 11.6 Å². The number of carbonyl (C=O) groups is 1. The van der Waals surface area contributed by atoms with Crippen LogP contribution in [0.4, 0.5) is 0 Å². The van der Waals surface area contributed by atoms with E-state index in [0.717, 1.165) is 5.39 Å². The molecule has 4 nitrogen and oxygen atoms in total. The molecule has 0 radical (unpaired) electrons. The molecule has 0 aliphatic heterocycles. The largest absolute Gasteiger partial charge is 0.478 e. The summed E-state index contributed by atoms with van der Waals surface area (Å²) in [5, 5.41) is 10.8. The second kappa shape index (κ2) is 6.32. The summed E-state index contributed by atoms with van der Waals surface area (Å²) in [5.41, 5.74) is 1.92. The van der Waals surface area contributed by atoms with Crippen molar-refractivity contribution in [2.45, 2.75) is 26.3 Å². The maximum absolute atomic E-state index is 12.7. The number of aromatic carboxylic acids is 1. The van der Waals surface area contributed by atoms with Crippen LogP contribution in [0.15, 0.2) is 59.5 Å². The van der Waals surface area contributed by atoms with E-state index in [1.54, 1.807) is 35.0 Å². The normalized spacial score (nSPS) is 11.1. The fraction of sp³-hybridized carbons (Fsp3) is 0.200. The Hall–Kier alpha value is -2.88. The third-order valence-electron chi connectivity index (χ3n) is 4.26. The van der Waals surface area contributed by atoms with Crippen LogP contribution < -0.4 is 5.56 Å². The van der Waals surface area contributed by atoms with Gasteiger partial charge in [0.05, 0.1) is 12.1 Å². The Balaban J connectivity index is 2.06. The highest BCUT2D eigenvalue weighted by molar-refractivity contribution is 5.89. The van der Waals surface area contributed by atoms with Crippen LogP contribution in [-0.4, -0.2) is 15.6 Å². The van der Waals surface area contributed by atoms with Crippen molar-refractivity contribution in [3.05, 3.63) is 81.8 Å². The SMILES string of the molecule is CC(C)c1ccc2c(=O)n(Cc3ccccc3C(=O)O)ccc2c1. The van der Waals surface area contributed by atoms with Crippen molar-refractivity contribution in [2.75, 3.05) is 0 Å². The summed E-state index contributed by atoms with van der Waals surface area (Å²) in [6, 6.07) is 14.5. The van der Waals surface area contributed by atoms with Crippen molar-refractivity contribution in [3.8, 4) is 0 Å². The van der Waals surface area contributed by atoms with Crippen LogP contribution in [0.5, 0.6) is 0 Å². The Kier molecular flexibility index (Phi) is 4.21. The van der Waals surface area contributed by atoms with Crippen LogP contribution in [0.25, 0.3) is 10.8 Å². The lowest BCUT2D eigenvalue weighted by Crippen LogP contribution is -2.21. The number of aromatic nitrogens is 1. The highest BCUT2D eigenvalue weighted by Gasteiger charge is 2.11. The van der Waals surface area contributed by atoms with Crippen molar-refractivity contribution >= 4 is 16.7 Å². The van der Waals surface area contributed by atoms with Crippen molar-refractivity contribution in [1.29, 1.82) is 0 Å². The maximum Gasteiger partial charge on any atom is 0.336 e. The molecule has 1 N–H and O–H groups in total. The molecule has 0 unspecified atom stereocenters. The number of fused-ring (bicyclic) bond motifs is 1. The smallest absolute Gasteiger partial charge is 0.336 e. The van der Waals surface area contributed by atoms with Gasteiger partial charge in [0.1, 0.15) is 0 Å². The quantitative estimate of drug-likeness (QED) is 0.793. The maximum atomic E-state index is 12.7. The van der Waals surface area contributed by atoms with E-state index in [9.17, 15) is 14.7 Å². The second-order valence-corrected chi connectivity index (χ2v) is 6.21. The van der Waals surface area contributed by atoms with Gasteiger partial charge >= 0.3 is 5.97 Å². The number of hydrogen-bond acceptors (Lipinski definition) is 2. The predicted molar refractivity (Wildman–Crippen MR) is 94.8 cm³/mol. The van der Waals surface area contributed by atoms with Gasteiger partial charge < -0.3 is 9.67 Å². The molecule has 1 heterocycles. The zero-order valence-corrected chi connectivity index (χ0v) is 13.7. The van der Waals surface area contributed by atoms with Gasteiger partial charge in [-0.2, -0.15) is 0 Å². The highest BCUT2D eigenvalue weighted by Crippen LogP contribution is 2.19. The minimum absolute atomic E-state index is 0.108. The van der Waals surface area contributed by atoms with Crippen LogP contribution in [0.2, 0.25) is 0 Å². The lowest BCUT2D eigenvalue weighted by Gasteiger charge is -2.11. The van der Waals surface area contributed by atoms with E-state index in [2.05, 4.69) is 13.8 Å². The summed E-state index contributed by atoms with van der Waals surface area (Å²) in [5.74, 6) is -0.583. The topological polar surface area (TPSA) is 59.3 Å². The Labute approximate surface area is 140 Å². The summed E-state index contributed by atoms with van der Waals surface area (Å²) in [6.07, 6.45) is 1.73. The Bertz CT molecular complexity index is 970. The van der Waals surface area contributed by atoms with Crippen LogP contribution in [-0.2, 0) is 6.54 Å². The third-order valence-corrected chi connectivity index (χ3v) is 4.26. The van der Waals surface area contributed by atoms with Crippen LogP contribution in [0.3, 0.4) is 0 Å². The lowest BCUT2D eigenvalue weighted by atomic mass is 10.00. The van der Waals surface area contributed by atoms with Crippen LogP contribution >= 0.6 is 0 Å². The van der Waals surface area contributed by atoms with Gasteiger partial charge in [-0.25, -0.2) is 4.79 Å². The first-order valence-corrected chi connectivity index (χ1v) is 7.91. The summed E-state index contributed by atoms with van der Waals surface area (Å²) in [7, 11) is 0. The standard InChI is InChI=1S/C20H19NO3/c1-13(2)14-7-8-17-15(11-14)9-10-21(19(17)22)12-16-5-3-4-6-18(16)20(23)24/h3-11,13H,12H2,1-2H3,(H,23,24). The molecule has 3 aromatic rings. The number of carboxylic acid groups (broad SMARTS) is 1. The molecular formula is C20H19NO3. The van der Waals surface area contributed by atoms with Gasteiger partial charge in [-0.1, -0.05) is 44.2 Å². The highest BCUT2D eigenvalue weighted by atomic mass is 16.4. The molecule has 0 spiro atoms. The molecular weight excluding hydrogens is 302 g/mol. The fourth-order valence-electron chi connectivity index (χ4n) is 2.84. The third kappa shape index (κ3) is 2.95. The predicted octanol–water partition coefficient (Wildman–Crippen LogP) is 3.87. The second-order valence-electron chi connectivity index (χ2n) is 6.21. The molecule has 0 atom stereocenters.